The molecule has 0 bridgehead atoms. The summed E-state index contributed by atoms with van der Waals surface area (Å²) in [6.07, 6.45) is 0. The lowest BCUT2D eigenvalue weighted by Gasteiger charge is -2.21. The second-order valence-electron chi connectivity index (χ2n) is 11.1. The molecule has 0 atom stereocenters. The van der Waals surface area contributed by atoms with E-state index in [9.17, 15) is 6.85 Å². The highest BCUT2D eigenvalue weighted by Crippen LogP contribution is 2.49. The summed E-state index contributed by atoms with van der Waals surface area (Å²) < 4.78 is 72.3. The van der Waals surface area contributed by atoms with Crippen LogP contribution in [0.4, 0.5) is 0 Å². The second kappa shape index (κ2) is 10.4. The lowest BCUT2D eigenvalue weighted by atomic mass is 9.82. The Morgan fingerprint density at radius 3 is 1.73 bits per heavy atom. The van der Waals surface area contributed by atoms with Gasteiger partial charge in [0.15, 0.2) is 0 Å². The van der Waals surface area contributed by atoms with Gasteiger partial charge in [0, 0.05) is 10.8 Å². The Hall–Kier alpha value is -5.92. The highest BCUT2D eigenvalue weighted by atomic mass is 16.3. The van der Waals surface area contributed by atoms with E-state index < -0.39 is 12.1 Å². The van der Waals surface area contributed by atoms with Crippen LogP contribution >= 0.6 is 0 Å². The summed E-state index contributed by atoms with van der Waals surface area (Å²) in [5.41, 5.74) is 5.80. The smallest absolute Gasteiger partial charge is 0.136 e. The lowest BCUT2D eigenvalue weighted by Crippen LogP contribution is -1.93. The summed E-state index contributed by atoms with van der Waals surface area (Å²) in [4.78, 5) is 0. The first-order valence-corrected chi connectivity index (χ1v) is 14.9. The van der Waals surface area contributed by atoms with E-state index in [-0.39, 0.29) is 51.9 Å². The molecule has 0 N–H and O–H groups in total. The Bertz CT molecular complexity index is 2920. The molecule has 0 fully saturated rings. The average Bonchev–Trinajstić information content (AvgIpc) is 3.57. The van der Waals surface area contributed by atoms with Gasteiger partial charge in [-0.2, -0.15) is 0 Å². The maximum absolute atomic E-state index is 9.98. The maximum Gasteiger partial charge on any atom is 0.136 e. The van der Waals surface area contributed by atoms with E-state index in [0.717, 1.165) is 21.9 Å². The molecule has 0 aliphatic carbocycles. The van der Waals surface area contributed by atoms with Crippen LogP contribution in [0.15, 0.2) is 174 Å². The third-order valence-electron chi connectivity index (χ3n) is 8.52. The van der Waals surface area contributed by atoms with Crippen LogP contribution in [0.25, 0.3) is 88.0 Å². The Morgan fingerprint density at radius 2 is 0.956 bits per heavy atom. The summed E-state index contributed by atoms with van der Waals surface area (Å²) in [7, 11) is 0. The molecule has 1 aromatic heterocycles. The van der Waals surface area contributed by atoms with Gasteiger partial charge in [-0.15, -0.1) is 0 Å². The largest absolute Gasteiger partial charge is 0.456 e. The van der Waals surface area contributed by atoms with Crippen molar-refractivity contribution in [2.75, 3.05) is 0 Å². The first-order chi connectivity index (χ1) is 25.3. The van der Waals surface area contributed by atoms with Crippen molar-refractivity contribution in [1.29, 1.82) is 0 Å². The first kappa shape index (κ1) is 19.4. The fourth-order valence-electron chi connectivity index (χ4n) is 6.56. The Morgan fingerprint density at radius 1 is 0.378 bits per heavy atom. The Balaban J connectivity index is 1.62. The lowest BCUT2D eigenvalue weighted by molar-refractivity contribution is 0.669. The van der Waals surface area contributed by atoms with E-state index in [1.54, 1.807) is 0 Å². The van der Waals surface area contributed by atoms with E-state index in [2.05, 4.69) is 0 Å². The number of rotatable bonds is 4. The minimum atomic E-state index is -0.408. The monoisotopic (exact) mass is 579 g/mol. The molecule has 1 heteroatoms. The molecule has 9 aromatic rings. The maximum atomic E-state index is 9.98. The van der Waals surface area contributed by atoms with Crippen LogP contribution in [-0.2, 0) is 0 Å². The summed E-state index contributed by atoms with van der Waals surface area (Å²) in [6.45, 7) is 0. The molecule has 0 unspecified atom stereocenters. The molecule has 1 heterocycles. The predicted octanol–water partition coefficient (Wildman–Crippen LogP) is 12.6. The molecular weight excluding hydrogens is 544 g/mol. The molecule has 0 aliphatic rings. The third kappa shape index (κ3) is 4.09. The molecule has 0 spiro atoms. The average molecular weight is 580 g/mol. The van der Waals surface area contributed by atoms with Crippen LogP contribution in [0.5, 0.6) is 0 Å². The zero-order chi connectivity index (χ0) is 35.8. The van der Waals surface area contributed by atoms with Gasteiger partial charge >= 0.3 is 0 Å². The van der Waals surface area contributed by atoms with E-state index in [1.165, 1.54) is 0 Å². The van der Waals surface area contributed by atoms with Gasteiger partial charge in [0.2, 0.25) is 0 Å². The molecule has 45 heavy (non-hydrogen) atoms. The molecule has 0 radical (unpaired) electrons. The van der Waals surface area contributed by atoms with Crippen molar-refractivity contribution in [3.63, 3.8) is 0 Å². The standard InChI is InChI=1S/C44H28O/c1-3-14-29(15-4-1)31-26-27-36-39(28-31)43(33-19-8-7-18-32(33)30-16-5-2-6-17-30)35-21-10-9-20-34(35)42(36)38-23-13-25-41-44(38)37-22-11-12-24-40(37)45-41/h1-28H/i9D,10D,20D,21D,26D,27D,28D. The number of hydrogen-bond donors (Lipinski definition) is 0. The molecule has 0 amide bonds. The van der Waals surface area contributed by atoms with Crippen LogP contribution in [-0.4, -0.2) is 0 Å². The highest BCUT2D eigenvalue weighted by molar-refractivity contribution is 6.26. The summed E-state index contributed by atoms with van der Waals surface area (Å²) in [5, 5.41) is 2.58. The number of hydrogen-bond acceptors (Lipinski definition) is 1. The van der Waals surface area contributed by atoms with Crippen molar-refractivity contribution in [3.05, 3.63) is 170 Å². The molecule has 0 saturated heterocycles. The van der Waals surface area contributed by atoms with E-state index in [0.29, 0.717) is 44.4 Å². The van der Waals surface area contributed by atoms with Gasteiger partial charge in [0.05, 0.1) is 9.60 Å². The minimum Gasteiger partial charge on any atom is -0.456 e. The van der Waals surface area contributed by atoms with Crippen molar-refractivity contribution in [3.8, 4) is 44.5 Å². The van der Waals surface area contributed by atoms with Crippen LogP contribution in [0.3, 0.4) is 0 Å². The zero-order valence-electron chi connectivity index (χ0n) is 31.0. The van der Waals surface area contributed by atoms with Crippen LogP contribution in [0, 0.1) is 0 Å². The highest BCUT2D eigenvalue weighted by Gasteiger charge is 2.22. The summed E-state index contributed by atoms with van der Waals surface area (Å²) in [5.74, 6) is 0. The predicted molar refractivity (Wildman–Crippen MR) is 190 cm³/mol. The van der Waals surface area contributed by atoms with Crippen LogP contribution in [0.1, 0.15) is 9.60 Å². The van der Waals surface area contributed by atoms with Crippen molar-refractivity contribution >= 4 is 43.5 Å². The minimum absolute atomic E-state index is 0.000136. The SMILES string of the molecule is [2H]c1c([2H])c([2H])c2c(-c3cccc4oc5ccccc5c34)c3c([2H])c([2H])c(-c4ccccc4)c([2H])c3c(-c3ccccc3-c3ccccc3)c2c1[2H]. The van der Waals surface area contributed by atoms with Crippen molar-refractivity contribution in [1.82, 2.24) is 0 Å². The van der Waals surface area contributed by atoms with Gasteiger partial charge in [-0.05, 0) is 84.2 Å². The number of benzene rings is 8. The molecular formula is C44H28O. The van der Waals surface area contributed by atoms with E-state index >= 15 is 0 Å². The Labute approximate surface area is 271 Å². The van der Waals surface area contributed by atoms with Gasteiger partial charge < -0.3 is 4.42 Å². The molecule has 0 saturated carbocycles. The van der Waals surface area contributed by atoms with Crippen LogP contribution in [0.2, 0.25) is 0 Å². The molecule has 1 nitrogen and oxygen atoms in total. The normalized spacial score (nSPS) is 13.7. The van der Waals surface area contributed by atoms with Crippen molar-refractivity contribution < 1.29 is 14.0 Å². The fraction of sp³-hybridized carbons (Fsp3) is 0. The fourth-order valence-corrected chi connectivity index (χ4v) is 6.56. The van der Waals surface area contributed by atoms with Crippen LogP contribution < -0.4 is 0 Å². The quantitative estimate of drug-likeness (QED) is 0.189. The van der Waals surface area contributed by atoms with E-state index in [4.69, 9.17) is 7.16 Å². The Kier molecular flexibility index (Phi) is 4.46. The zero-order valence-corrected chi connectivity index (χ0v) is 24.0. The topological polar surface area (TPSA) is 13.1 Å². The molecule has 8 aromatic carbocycles. The first-order valence-electron chi connectivity index (χ1n) is 18.4. The number of fused-ring (bicyclic) bond motifs is 5. The van der Waals surface area contributed by atoms with Gasteiger partial charge in [0.25, 0.3) is 0 Å². The second-order valence-corrected chi connectivity index (χ2v) is 11.1. The van der Waals surface area contributed by atoms with Gasteiger partial charge in [0.1, 0.15) is 11.2 Å². The molecule has 0 aliphatic heterocycles. The molecule has 9 rings (SSSR count). The van der Waals surface area contributed by atoms with E-state index in [1.807, 2.05) is 127 Å². The summed E-state index contributed by atoms with van der Waals surface area (Å²) in [6, 6.07) is 38.1. The van der Waals surface area contributed by atoms with Gasteiger partial charge in [-0.25, -0.2) is 0 Å². The number of para-hydroxylation sites is 1. The van der Waals surface area contributed by atoms with Gasteiger partial charge in [-0.3, -0.25) is 0 Å². The van der Waals surface area contributed by atoms with Crippen molar-refractivity contribution in [2.45, 2.75) is 0 Å². The summed E-state index contributed by atoms with van der Waals surface area (Å²) >= 11 is 0. The van der Waals surface area contributed by atoms with Crippen molar-refractivity contribution in [2.24, 2.45) is 0 Å². The molecule has 210 valence electrons. The third-order valence-corrected chi connectivity index (χ3v) is 8.52. The number of furan rings is 1. The van der Waals surface area contributed by atoms with Gasteiger partial charge in [-0.1, -0.05) is 152 Å².